The van der Waals surface area contributed by atoms with Crippen molar-refractivity contribution < 1.29 is 31.7 Å². The summed E-state index contributed by atoms with van der Waals surface area (Å²) < 4.78 is 70.9. The van der Waals surface area contributed by atoms with Gasteiger partial charge in [0, 0.05) is 34.1 Å². The highest BCUT2D eigenvalue weighted by molar-refractivity contribution is 8.00. The topological polar surface area (TPSA) is 111 Å². The normalized spacial score (nSPS) is 12.4. The molecule has 5 rings (SSSR count). The van der Waals surface area contributed by atoms with Crippen molar-refractivity contribution in [3.05, 3.63) is 107 Å². The van der Waals surface area contributed by atoms with Gasteiger partial charge in [0.05, 0.1) is 5.69 Å². The van der Waals surface area contributed by atoms with Gasteiger partial charge in [-0.2, -0.15) is 18.3 Å². The summed E-state index contributed by atoms with van der Waals surface area (Å²) in [5.41, 5.74) is 0.177. The smallest absolute Gasteiger partial charge is 0.433 e. The zero-order valence-electron chi connectivity index (χ0n) is 21.3. The monoisotopic (exact) mass is 602 g/mol. The molecule has 0 fully saturated rings. The van der Waals surface area contributed by atoms with Crippen LogP contribution in [-0.2, 0) is 22.7 Å². The van der Waals surface area contributed by atoms with Crippen LogP contribution in [-0.4, -0.2) is 36.3 Å². The summed E-state index contributed by atoms with van der Waals surface area (Å²) in [6, 6.07) is 18.5. The molecule has 0 atom stereocenters. The Balaban J connectivity index is 1.72. The third-order valence-electron chi connectivity index (χ3n) is 6.27. The number of benzene rings is 3. The van der Waals surface area contributed by atoms with E-state index >= 15 is 0 Å². The van der Waals surface area contributed by atoms with Gasteiger partial charge in [-0.25, -0.2) is 18.9 Å². The van der Waals surface area contributed by atoms with Crippen molar-refractivity contribution in [3.63, 3.8) is 0 Å². The number of thiazole rings is 1. The molecule has 0 unspecified atom stereocenters. The summed E-state index contributed by atoms with van der Waals surface area (Å²) in [5, 5.41) is 20.2. The fourth-order valence-corrected chi connectivity index (χ4v) is 5.86. The summed E-state index contributed by atoms with van der Waals surface area (Å²) in [7, 11) is -3.07. The molecule has 0 saturated carbocycles. The summed E-state index contributed by atoms with van der Waals surface area (Å²) >= 11 is 0.713. The second-order valence-electron chi connectivity index (χ2n) is 9.33. The van der Waals surface area contributed by atoms with Gasteiger partial charge in [0.25, 0.3) is 0 Å². The molecule has 0 aliphatic heterocycles. The quantitative estimate of drug-likeness (QED) is 0.157. The van der Waals surface area contributed by atoms with E-state index in [1.807, 2.05) is 0 Å². The van der Waals surface area contributed by atoms with Crippen LogP contribution < -0.4 is 5.14 Å². The minimum atomic E-state index is -4.90. The molecule has 0 saturated heterocycles. The molecular formula is C28H22F4N4O3S2. The number of halogens is 4. The maximum atomic E-state index is 14.7. The Labute approximate surface area is 236 Å². The SMILES string of the molecule is C[SH](N)(=O)c1ccc(Cc2c(-c3cccc(-c4cccc(F)c4)c3)nn(-c3nc(C(=O)O)cs3)c2C(F)(F)F)cc1. The van der Waals surface area contributed by atoms with Crippen LogP contribution in [0, 0.1) is 5.82 Å². The van der Waals surface area contributed by atoms with Crippen LogP contribution in [0.25, 0.3) is 27.5 Å². The lowest BCUT2D eigenvalue weighted by atomic mass is 9.96. The molecule has 41 heavy (non-hydrogen) atoms. The number of aromatic nitrogens is 3. The van der Waals surface area contributed by atoms with E-state index in [9.17, 15) is 31.7 Å². The third-order valence-corrected chi connectivity index (χ3v) is 8.41. The average Bonchev–Trinajstić information content (AvgIpc) is 3.54. The molecule has 0 amide bonds. The zero-order chi connectivity index (χ0) is 29.5. The highest BCUT2D eigenvalue weighted by atomic mass is 32.3. The van der Waals surface area contributed by atoms with Crippen molar-refractivity contribution in [2.24, 2.45) is 5.14 Å². The average molecular weight is 603 g/mol. The molecule has 3 aromatic carbocycles. The summed E-state index contributed by atoms with van der Waals surface area (Å²) in [6.07, 6.45) is -3.73. The van der Waals surface area contributed by atoms with Gasteiger partial charge >= 0.3 is 12.1 Å². The number of carboxylic acid groups (broad SMARTS) is 1. The number of hydrogen-bond acceptors (Lipinski definition) is 5. The molecule has 5 aromatic rings. The number of thiol groups is 1. The molecule has 0 aliphatic rings. The van der Waals surface area contributed by atoms with E-state index in [-0.39, 0.29) is 22.8 Å². The second-order valence-corrected chi connectivity index (χ2v) is 12.7. The highest BCUT2D eigenvalue weighted by Gasteiger charge is 2.41. The number of rotatable bonds is 7. The van der Waals surface area contributed by atoms with Crippen LogP contribution in [0.1, 0.15) is 27.3 Å². The standard InChI is InChI=1S/C28H22F4N4O3S2/c1-41(33,39)21-10-8-16(9-11-21)12-22-24(19-6-2-4-17(13-19)18-5-3-7-20(29)14-18)35-36(25(22)28(30,31)32)27-34-23(15-40-27)26(37)38/h2-11,13-15,41H,12H2,1H3,(H2,33,39)(H,37,38). The van der Waals surface area contributed by atoms with Crippen LogP contribution in [0.3, 0.4) is 0 Å². The summed E-state index contributed by atoms with van der Waals surface area (Å²) in [6.45, 7) is 0. The van der Waals surface area contributed by atoms with Crippen LogP contribution >= 0.6 is 11.3 Å². The van der Waals surface area contributed by atoms with E-state index in [0.29, 0.717) is 43.2 Å². The van der Waals surface area contributed by atoms with Crippen LogP contribution in [0.15, 0.2) is 83.1 Å². The predicted molar refractivity (Wildman–Crippen MR) is 149 cm³/mol. The number of carbonyl (C=O) groups is 1. The van der Waals surface area contributed by atoms with E-state index in [2.05, 4.69) is 10.1 Å². The van der Waals surface area contributed by atoms with E-state index in [1.54, 1.807) is 42.5 Å². The lowest BCUT2D eigenvalue weighted by Crippen LogP contribution is -2.20. The van der Waals surface area contributed by atoms with Crippen LogP contribution in [0.4, 0.5) is 17.6 Å². The van der Waals surface area contributed by atoms with Gasteiger partial charge in [0.1, 0.15) is 5.82 Å². The highest BCUT2D eigenvalue weighted by Crippen LogP contribution is 2.40. The van der Waals surface area contributed by atoms with Crippen molar-refractivity contribution in [3.8, 4) is 27.5 Å². The fraction of sp³-hybridized carbons (Fsp3) is 0.107. The molecule has 3 N–H and O–H groups in total. The Morgan fingerprint density at radius 3 is 2.24 bits per heavy atom. The van der Waals surface area contributed by atoms with Gasteiger partial charge in [-0.3, -0.25) is 9.35 Å². The van der Waals surface area contributed by atoms with E-state index in [4.69, 9.17) is 5.14 Å². The van der Waals surface area contributed by atoms with Crippen molar-refractivity contribution in [2.45, 2.75) is 17.5 Å². The molecule has 2 heterocycles. The first-order valence-electron chi connectivity index (χ1n) is 12.0. The predicted octanol–water partition coefficient (Wildman–Crippen LogP) is 5.99. The molecule has 0 bridgehead atoms. The Morgan fingerprint density at radius 1 is 1.02 bits per heavy atom. The van der Waals surface area contributed by atoms with Gasteiger partial charge in [0.15, 0.2) is 11.4 Å². The Hall–Kier alpha value is -4.20. The van der Waals surface area contributed by atoms with Crippen molar-refractivity contribution in [1.29, 1.82) is 0 Å². The molecule has 212 valence electrons. The first kappa shape index (κ1) is 28.3. The molecule has 2 aromatic heterocycles. The maximum absolute atomic E-state index is 14.7. The number of nitrogens with zero attached hydrogens (tertiary/aromatic N) is 3. The lowest BCUT2D eigenvalue weighted by molar-refractivity contribution is -0.143. The fourth-order valence-electron chi connectivity index (χ4n) is 4.37. The molecule has 7 nitrogen and oxygen atoms in total. The van der Waals surface area contributed by atoms with Gasteiger partial charge < -0.3 is 5.11 Å². The van der Waals surface area contributed by atoms with E-state index in [0.717, 1.165) is 5.38 Å². The molecule has 0 radical (unpaired) electrons. The van der Waals surface area contributed by atoms with Crippen molar-refractivity contribution in [1.82, 2.24) is 14.8 Å². The van der Waals surface area contributed by atoms with E-state index < -0.39 is 39.5 Å². The second kappa shape index (κ2) is 10.7. The molecule has 0 spiro atoms. The first-order chi connectivity index (χ1) is 19.3. The summed E-state index contributed by atoms with van der Waals surface area (Å²) in [5.74, 6) is -1.85. The van der Waals surface area contributed by atoms with Gasteiger partial charge in [-0.05, 0) is 57.1 Å². The minimum Gasteiger partial charge on any atom is -0.476 e. The van der Waals surface area contributed by atoms with Crippen molar-refractivity contribution in [2.75, 3.05) is 6.26 Å². The first-order valence-corrected chi connectivity index (χ1v) is 15.1. The van der Waals surface area contributed by atoms with Gasteiger partial charge in [0.2, 0.25) is 5.13 Å². The lowest BCUT2D eigenvalue weighted by Gasteiger charge is -2.14. The Bertz CT molecular complexity index is 1810. The van der Waals surface area contributed by atoms with Gasteiger partial charge in [-0.15, -0.1) is 11.3 Å². The molecule has 13 heteroatoms. The third kappa shape index (κ3) is 5.97. The number of aromatic carboxylic acids is 1. The van der Waals surface area contributed by atoms with Crippen LogP contribution in [0.5, 0.6) is 0 Å². The number of carboxylic acids is 1. The molecule has 0 aliphatic carbocycles. The number of hydrogen-bond donors (Lipinski definition) is 3. The largest absolute Gasteiger partial charge is 0.476 e. The summed E-state index contributed by atoms with van der Waals surface area (Å²) in [4.78, 5) is 15.6. The van der Waals surface area contributed by atoms with Crippen molar-refractivity contribution >= 4 is 27.4 Å². The number of nitrogens with two attached hydrogens (primary N) is 1. The molecular weight excluding hydrogens is 580 g/mol. The maximum Gasteiger partial charge on any atom is 0.433 e. The Morgan fingerprint density at radius 2 is 1.66 bits per heavy atom. The number of alkyl halides is 3. The Kier molecular flexibility index (Phi) is 7.36. The zero-order valence-corrected chi connectivity index (χ0v) is 23.0. The minimum absolute atomic E-state index is 0.00767. The van der Waals surface area contributed by atoms with E-state index in [1.165, 1.54) is 36.6 Å². The van der Waals surface area contributed by atoms with Gasteiger partial charge in [-0.1, -0.05) is 42.5 Å². The van der Waals surface area contributed by atoms with Crippen LogP contribution in [0.2, 0.25) is 0 Å².